The molecule has 3 aromatic carbocycles. The summed E-state index contributed by atoms with van der Waals surface area (Å²) in [7, 11) is -1.59. The second kappa shape index (κ2) is 23.6. The van der Waals surface area contributed by atoms with Gasteiger partial charge in [-0.2, -0.15) is 5.26 Å². The van der Waals surface area contributed by atoms with E-state index in [1.165, 1.54) is 0 Å². The molecular formula is C31H30MnN2O7P+. The number of hydrogen-bond donors (Lipinski definition) is 0. The number of esters is 1. The van der Waals surface area contributed by atoms with E-state index in [1.807, 2.05) is 128 Å². The summed E-state index contributed by atoms with van der Waals surface area (Å²) in [4.78, 5) is 11.5. The van der Waals surface area contributed by atoms with Gasteiger partial charge in [0, 0.05) is 23.0 Å². The molecule has 3 atom stereocenters. The van der Waals surface area contributed by atoms with E-state index in [1.54, 1.807) is 6.92 Å². The van der Waals surface area contributed by atoms with Crippen molar-refractivity contribution in [3.05, 3.63) is 122 Å². The van der Waals surface area contributed by atoms with Crippen molar-refractivity contribution in [3.8, 4) is 23.3 Å². The fourth-order valence-electron chi connectivity index (χ4n) is 3.44. The molecule has 0 heterocycles. The van der Waals surface area contributed by atoms with Gasteiger partial charge in [0.2, 0.25) is 0 Å². The van der Waals surface area contributed by atoms with Gasteiger partial charge in [0.05, 0.1) is 12.7 Å². The van der Waals surface area contributed by atoms with Crippen molar-refractivity contribution in [1.82, 2.24) is 0 Å². The number of para-hydroxylation sites is 3. The first-order chi connectivity index (χ1) is 20.1. The topological polar surface area (TPSA) is 141 Å². The fraction of sp³-hybridized carbons (Fsp3) is 0.194. The summed E-state index contributed by atoms with van der Waals surface area (Å²) in [5, 5.41) is 8.98. The van der Waals surface area contributed by atoms with Crippen molar-refractivity contribution in [3.63, 3.8) is 0 Å². The van der Waals surface area contributed by atoms with Crippen LogP contribution in [0.25, 0.3) is 0 Å². The molecule has 3 aromatic rings. The average Bonchev–Trinajstić information content (AvgIpc) is 3.02. The normalized spacial score (nSPS) is 14.6. The summed E-state index contributed by atoms with van der Waals surface area (Å²) in [5.74, 6) is 1.14. The van der Waals surface area contributed by atoms with Crippen LogP contribution in [0.15, 0.2) is 115 Å². The first-order valence-electron chi connectivity index (χ1n) is 12.4. The molecule has 0 N–H and O–H groups in total. The second-order valence-corrected chi connectivity index (χ2v) is 9.00. The van der Waals surface area contributed by atoms with Gasteiger partial charge < -0.3 is 18.3 Å². The first kappa shape index (κ1) is 37.9. The zero-order chi connectivity index (χ0) is 30.3. The minimum atomic E-state index is -1.59. The van der Waals surface area contributed by atoms with Crippen LogP contribution in [-0.4, -0.2) is 12.6 Å². The third-order valence-corrected chi connectivity index (χ3v) is 6.38. The van der Waals surface area contributed by atoms with Crippen LogP contribution in [0.5, 0.6) is 17.2 Å². The Morgan fingerprint density at radius 1 is 0.833 bits per heavy atom. The average molecular weight is 629 g/mol. The Hall–Kier alpha value is -4.14. The molecule has 4 rings (SSSR count). The summed E-state index contributed by atoms with van der Waals surface area (Å²) in [6, 6.07) is 30.5. The second-order valence-electron chi connectivity index (χ2n) is 8.00. The van der Waals surface area contributed by atoms with Gasteiger partial charge in [0.15, 0.2) is 5.92 Å². The van der Waals surface area contributed by atoms with Crippen LogP contribution in [0, 0.1) is 41.2 Å². The van der Waals surface area contributed by atoms with Crippen molar-refractivity contribution >= 4 is 14.6 Å². The maximum absolute atomic E-state index is 11.5. The zero-order valence-corrected chi connectivity index (χ0v) is 25.1. The van der Waals surface area contributed by atoms with E-state index in [0.717, 1.165) is 0 Å². The van der Waals surface area contributed by atoms with Crippen molar-refractivity contribution < 1.29 is 49.6 Å². The molecule has 0 fully saturated rings. The van der Waals surface area contributed by atoms with Crippen molar-refractivity contribution in [1.29, 1.82) is 10.7 Å². The van der Waals surface area contributed by atoms with E-state index in [0.29, 0.717) is 23.9 Å². The third-order valence-electron chi connectivity index (χ3n) is 5.30. The Bertz CT molecular complexity index is 1180. The molecule has 1 unspecified atom stereocenters. The minimum Gasteiger partial charge on any atom is -0.409 e. The van der Waals surface area contributed by atoms with E-state index in [-0.39, 0.29) is 28.9 Å². The van der Waals surface area contributed by atoms with E-state index in [9.17, 15) is 4.79 Å². The molecule has 217 valence electrons. The summed E-state index contributed by atoms with van der Waals surface area (Å²) >= 11 is 0. The van der Waals surface area contributed by atoms with E-state index < -0.39 is 20.5 Å². The third kappa shape index (κ3) is 14.0. The Kier molecular flexibility index (Phi) is 21.2. The molecule has 42 heavy (non-hydrogen) atoms. The Morgan fingerprint density at radius 3 is 1.55 bits per heavy atom. The van der Waals surface area contributed by atoms with Crippen LogP contribution in [0.3, 0.4) is 0 Å². The van der Waals surface area contributed by atoms with Gasteiger partial charge in [-0.25, -0.2) is 0 Å². The van der Waals surface area contributed by atoms with Gasteiger partial charge in [0.25, 0.3) is 0 Å². The molecule has 9 nitrogen and oxygen atoms in total. The maximum Gasteiger partial charge on any atom is 0.530 e. The van der Waals surface area contributed by atoms with Crippen LogP contribution in [0.2, 0.25) is 0 Å². The molecule has 0 bridgehead atoms. The molecule has 1 radical (unpaired) electrons. The van der Waals surface area contributed by atoms with Crippen LogP contribution in [-0.2, 0) is 36.0 Å². The molecule has 0 spiro atoms. The van der Waals surface area contributed by atoms with Gasteiger partial charge in [-0.1, -0.05) is 85.8 Å². The van der Waals surface area contributed by atoms with Crippen molar-refractivity contribution in [2.24, 2.45) is 17.8 Å². The smallest absolute Gasteiger partial charge is 0.409 e. The van der Waals surface area contributed by atoms with Gasteiger partial charge in [0.1, 0.15) is 17.2 Å². The number of carbonyl (C=O) groups is 1. The molecule has 11 heteroatoms. The predicted octanol–water partition coefficient (Wildman–Crippen LogP) is 7.37. The largest absolute Gasteiger partial charge is 0.530 e. The van der Waals surface area contributed by atoms with Gasteiger partial charge in [-0.3, -0.25) is 4.79 Å². The quantitative estimate of drug-likeness (QED) is 0.0792. The standard InChI is InChI=1S/C18H15O3P.C12H15NO2.CO.Mn.NO/c1-4-10-16(11-5-1)19-22(20-17-12-6-2-7-13-17)21-18-14-8-3-9-15-18;1-3-15-12(14)11(8-13)10-7-5-4-6-9(10)2;1-2;;1-2/h1-15H;4-7,9-11H,3H2,1-2H3;;;/q;;;;+1/t;9-,10+,11?;;;/m.1.../s1. The molecule has 0 aliphatic heterocycles. The van der Waals surface area contributed by atoms with E-state index in [4.69, 9.17) is 38.5 Å². The van der Waals surface area contributed by atoms with Crippen LogP contribution in [0.4, 0.5) is 0 Å². The number of hydrogen-bond acceptors (Lipinski definition) is 7. The molecule has 1 aliphatic carbocycles. The maximum atomic E-state index is 11.5. The summed E-state index contributed by atoms with van der Waals surface area (Å²) in [6.07, 6.45) is 7.69. The number of allylic oxidation sites excluding steroid dienone is 4. The summed E-state index contributed by atoms with van der Waals surface area (Å²) in [6.45, 7) is 8.55. The zero-order valence-electron chi connectivity index (χ0n) is 23.0. The molecule has 1 aliphatic rings. The van der Waals surface area contributed by atoms with Crippen LogP contribution in [0.1, 0.15) is 13.8 Å². The number of nitrogens with zero attached hydrogens (tertiary/aromatic N) is 2. The predicted molar refractivity (Wildman–Crippen MR) is 151 cm³/mol. The Labute approximate surface area is 257 Å². The van der Waals surface area contributed by atoms with Crippen LogP contribution >= 0.6 is 8.60 Å². The SMILES string of the molecule is CCOC(=O)C(C#N)[C@H]1C=CC=C[C@H]1C.N#[O+].[C-]#[O+].[Mn].c1ccc(OP(Oc2ccccc2)Oc2ccccc2)cc1. The molecule has 0 saturated heterocycles. The van der Waals surface area contributed by atoms with Gasteiger partial charge in [-0.05, 0) is 49.2 Å². The molecule has 0 amide bonds. The number of ether oxygens (including phenoxy) is 1. The van der Waals surface area contributed by atoms with Crippen molar-refractivity contribution in [2.45, 2.75) is 13.8 Å². The molecule has 0 aromatic heterocycles. The van der Waals surface area contributed by atoms with Gasteiger partial charge >= 0.3 is 36.1 Å². The van der Waals surface area contributed by atoms with Crippen LogP contribution < -0.4 is 13.6 Å². The molecule has 0 saturated carbocycles. The first-order valence-corrected chi connectivity index (χ1v) is 13.5. The van der Waals surface area contributed by atoms with Crippen molar-refractivity contribution in [2.75, 3.05) is 6.61 Å². The van der Waals surface area contributed by atoms with E-state index >= 15 is 0 Å². The molecular weight excluding hydrogens is 598 g/mol. The summed E-state index contributed by atoms with van der Waals surface area (Å²) in [5.41, 5.74) is 5.75. The van der Waals surface area contributed by atoms with Gasteiger partial charge in [-0.15, -0.1) is 0 Å². The minimum absolute atomic E-state index is 0. The number of carbonyl (C=O) groups excluding carboxylic acids is 1. The van der Waals surface area contributed by atoms with E-state index in [2.05, 4.69) is 6.65 Å². The number of benzene rings is 3. The fourth-order valence-corrected chi connectivity index (χ4v) is 4.43. The summed E-state index contributed by atoms with van der Waals surface area (Å²) < 4.78 is 37.2. The Morgan fingerprint density at radius 2 is 1.21 bits per heavy atom. The number of nitriles is 1. The Balaban J connectivity index is 0.000000740. The number of rotatable bonds is 9. The monoisotopic (exact) mass is 628 g/mol.